The van der Waals surface area contributed by atoms with Crippen LogP contribution < -0.4 is 21.2 Å². The molecular weight excluding hydrogens is 660 g/mol. The molecule has 13 nitrogen and oxygen atoms in total. The molecule has 7 rings (SSSR count). The highest BCUT2D eigenvalue weighted by Crippen LogP contribution is 2.36. The Labute approximate surface area is 293 Å². The Hall–Kier alpha value is -4.92. The zero-order chi connectivity index (χ0) is 35.8. The number of hydrogen-bond donors (Lipinski definition) is 2. The third-order valence-electron chi connectivity index (χ3n) is 10.9. The second-order valence-corrected chi connectivity index (χ2v) is 14.0. The molecule has 2 saturated heterocycles. The van der Waals surface area contributed by atoms with Gasteiger partial charge in [-0.15, -0.1) is 0 Å². The van der Waals surface area contributed by atoms with Gasteiger partial charge in [-0.2, -0.15) is 5.10 Å². The lowest BCUT2D eigenvalue weighted by molar-refractivity contribution is -0.135. The second kappa shape index (κ2) is 14.4. The van der Waals surface area contributed by atoms with Gasteiger partial charge in [-0.3, -0.25) is 38.5 Å². The maximum atomic E-state index is 13.9. The molecule has 2 N–H and O–H groups in total. The SMILES string of the molecule is CN(C[C@H]1CC[C@H](n2cc(NC(=O)c3ccccn3)c(C(F)F)n2)CC1)C1CCN(c2cccc3c2n(C)c(=O)n3C2CCC(=O)NC2=O)CC1. The van der Waals surface area contributed by atoms with Crippen molar-refractivity contribution in [2.75, 3.05) is 36.9 Å². The summed E-state index contributed by atoms with van der Waals surface area (Å²) in [5.41, 5.74) is 1.90. The van der Waals surface area contributed by atoms with Crippen LogP contribution in [0.4, 0.5) is 20.2 Å². The first-order valence-electron chi connectivity index (χ1n) is 17.7. The fourth-order valence-corrected chi connectivity index (χ4v) is 8.13. The van der Waals surface area contributed by atoms with Crippen LogP contribution in [0.25, 0.3) is 11.0 Å². The van der Waals surface area contributed by atoms with E-state index in [1.807, 2.05) is 18.2 Å². The lowest BCUT2D eigenvalue weighted by atomic mass is 9.85. The Morgan fingerprint density at radius 2 is 1.78 bits per heavy atom. The average Bonchev–Trinajstić information content (AvgIpc) is 3.67. The highest BCUT2D eigenvalue weighted by molar-refractivity contribution is 6.03. The minimum atomic E-state index is -2.82. The van der Waals surface area contributed by atoms with Gasteiger partial charge >= 0.3 is 5.69 Å². The van der Waals surface area contributed by atoms with E-state index in [0.717, 1.165) is 69.4 Å². The average molecular weight is 704 g/mol. The molecule has 3 aromatic heterocycles. The van der Waals surface area contributed by atoms with Crippen LogP contribution >= 0.6 is 0 Å². The number of pyridine rings is 1. The number of rotatable bonds is 9. The van der Waals surface area contributed by atoms with E-state index in [4.69, 9.17) is 0 Å². The molecule has 0 spiro atoms. The van der Waals surface area contributed by atoms with E-state index in [1.165, 1.54) is 23.0 Å². The summed E-state index contributed by atoms with van der Waals surface area (Å²) in [5.74, 6) is -0.832. The summed E-state index contributed by atoms with van der Waals surface area (Å²) in [4.78, 5) is 59.2. The largest absolute Gasteiger partial charge is 0.370 e. The maximum absolute atomic E-state index is 13.9. The van der Waals surface area contributed by atoms with Crippen molar-refractivity contribution in [2.24, 2.45) is 13.0 Å². The number of carbonyl (C=O) groups excluding carboxylic acids is 3. The van der Waals surface area contributed by atoms with Gasteiger partial charge in [-0.05, 0) is 82.2 Å². The van der Waals surface area contributed by atoms with Gasteiger partial charge in [0.1, 0.15) is 11.7 Å². The Balaban J connectivity index is 0.944. The molecule has 0 bridgehead atoms. The van der Waals surface area contributed by atoms with Gasteiger partial charge in [0.15, 0.2) is 5.69 Å². The van der Waals surface area contributed by atoms with Gasteiger partial charge in [0.05, 0.1) is 28.5 Å². The monoisotopic (exact) mass is 703 g/mol. The number of imidazole rings is 1. The molecule has 5 heterocycles. The van der Waals surface area contributed by atoms with E-state index in [2.05, 4.69) is 37.6 Å². The molecule has 3 aliphatic rings. The Morgan fingerprint density at radius 3 is 2.47 bits per heavy atom. The molecule has 51 heavy (non-hydrogen) atoms. The Bertz CT molecular complexity index is 1970. The number of benzene rings is 1. The van der Waals surface area contributed by atoms with Crippen molar-refractivity contribution in [3.05, 3.63) is 70.7 Å². The van der Waals surface area contributed by atoms with Crippen LogP contribution in [-0.2, 0) is 16.6 Å². The number of alkyl halides is 2. The molecule has 1 atom stereocenters. The van der Waals surface area contributed by atoms with Crippen molar-refractivity contribution >= 4 is 40.1 Å². The van der Waals surface area contributed by atoms with Crippen molar-refractivity contribution in [2.45, 2.75) is 75.9 Å². The number of anilines is 2. The van der Waals surface area contributed by atoms with Crippen molar-refractivity contribution in [1.29, 1.82) is 0 Å². The number of nitrogens with one attached hydrogen (secondary N) is 2. The molecule has 4 aromatic rings. The smallest absolute Gasteiger partial charge is 0.329 e. The number of imide groups is 1. The third-order valence-corrected chi connectivity index (χ3v) is 10.9. The standard InChI is InChI=1S/C36H43F2N9O4/c1-43(20-22-9-11-24(12-10-22)46-21-26(31(42-46)33(37)38)40-34(49)25-6-3-4-17-39-25)23-15-18-45(19-16-23)27-7-5-8-28-32(27)44(2)36(51)47(28)29-13-14-30(48)41-35(29)50/h3-8,17,21-24,29,33H,9-16,18-20H2,1-2H3,(H,40,49)(H,41,48,50)/t22-,24-,29?. The van der Waals surface area contributed by atoms with Crippen LogP contribution in [0.5, 0.6) is 0 Å². The number of fused-ring (bicyclic) bond motifs is 1. The molecule has 1 aliphatic carbocycles. The maximum Gasteiger partial charge on any atom is 0.329 e. The lowest BCUT2D eigenvalue weighted by Crippen LogP contribution is -2.45. The van der Waals surface area contributed by atoms with Crippen LogP contribution in [0.3, 0.4) is 0 Å². The first-order valence-corrected chi connectivity index (χ1v) is 17.7. The van der Waals surface area contributed by atoms with E-state index in [-0.39, 0.29) is 35.4 Å². The molecule has 15 heteroatoms. The number of aromatic nitrogens is 5. The summed E-state index contributed by atoms with van der Waals surface area (Å²) in [7, 11) is 3.91. The van der Waals surface area contributed by atoms with Crippen LogP contribution in [0, 0.1) is 5.92 Å². The fourth-order valence-electron chi connectivity index (χ4n) is 8.13. The summed E-state index contributed by atoms with van der Waals surface area (Å²) < 4.78 is 32.5. The van der Waals surface area contributed by atoms with Crippen LogP contribution in [0.15, 0.2) is 53.6 Å². The van der Waals surface area contributed by atoms with Gasteiger partial charge < -0.3 is 15.1 Å². The molecule has 1 unspecified atom stereocenters. The molecule has 1 aromatic carbocycles. The summed E-state index contributed by atoms with van der Waals surface area (Å²) in [6, 6.07) is 10.4. The van der Waals surface area contributed by atoms with Crippen molar-refractivity contribution in [3.63, 3.8) is 0 Å². The van der Waals surface area contributed by atoms with Gasteiger partial charge in [0.2, 0.25) is 11.8 Å². The summed E-state index contributed by atoms with van der Waals surface area (Å²) >= 11 is 0. The zero-order valence-electron chi connectivity index (χ0n) is 28.8. The van der Waals surface area contributed by atoms with Crippen LogP contribution in [0.1, 0.15) is 86.1 Å². The Morgan fingerprint density at radius 1 is 1.02 bits per heavy atom. The van der Waals surface area contributed by atoms with Gasteiger partial charge in [-0.1, -0.05) is 12.1 Å². The molecular formula is C36H43F2N9O4. The predicted molar refractivity (Wildman–Crippen MR) is 187 cm³/mol. The highest BCUT2D eigenvalue weighted by atomic mass is 19.3. The van der Waals surface area contributed by atoms with E-state index < -0.39 is 30.0 Å². The van der Waals surface area contributed by atoms with Crippen molar-refractivity contribution in [3.8, 4) is 0 Å². The van der Waals surface area contributed by atoms with Crippen LogP contribution in [0.2, 0.25) is 0 Å². The normalized spacial score (nSPS) is 21.8. The number of piperidine rings is 2. The predicted octanol–water partition coefficient (Wildman–Crippen LogP) is 4.43. The summed E-state index contributed by atoms with van der Waals surface area (Å²) in [6.45, 7) is 2.59. The lowest BCUT2D eigenvalue weighted by Gasteiger charge is -2.40. The quantitative estimate of drug-likeness (QED) is 0.244. The first kappa shape index (κ1) is 34.5. The fraction of sp³-hybridized carbons (Fsp3) is 0.500. The van der Waals surface area contributed by atoms with Gasteiger partial charge in [0, 0.05) is 51.5 Å². The molecule has 3 fully saturated rings. The Kier molecular flexibility index (Phi) is 9.73. The second-order valence-electron chi connectivity index (χ2n) is 14.0. The molecule has 0 radical (unpaired) electrons. The number of para-hydroxylation sites is 1. The number of nitrogens with zero attached hydrogens (tertiary/aromatic N) is 7. The number of hydrogen-bond acceptors (Lipinski definition) is 8. The minimum Gasteiger partial charge on any atom is -0.370 e. The van der Waals surface area contributed by atoms with Gasteiger partial charge in [-0.25, -0.2) is 13.6 Å². The third kappa shape index (κ3) is 6.90. The topological polar surface area (TPSA) is 139 Å². The molecule has 3 amide bonds. The van der Waals surface area contributed by atoms with E-state index in [9.17, 15) is 28.0 Å². The number of amides is 3. The van der Waals surface area contributed by atoms with E-state index in [1.54, 1.807) is 28.4 Å². The molecule has 2 aliphatic heterocycles. The van der Waals surface area contributed by atoms with Crippen LogP contribution in [-0.4, -0.2) is 79.2 Å². The summed E-state index contributed by atoms with van der Waals surface area (Å²) in [6.07, 6.45) is 6.13. The van der Waals surface area contributed by atoms with E-state index in [0.29, 0.717) is 23.9 Å². The minimum absolute atomic E-state index is 0.0131. The van der Waals surface area contributed by atoms with Gasteiger partial charge in [0.25, 0.3) is 12.3 Å². The first-order chi connectivity index (χ1) is 24.6. The zero-order valence-corrected chi connectivity index (χ0v) is 28.8. The number of aryl methyl sites for hydroxylation is 1. The molecule has 270 valence electrons. The van der Waals surface area contributed by atoms with Crippen molar-refractivity contribution in [1.82, 2.24) is 34.1 Å². The van der Waals surface area contributed by atoms with E-state index >= 15 is 0 Å². The molecule has 1 saturated carbocycles. The number of halogens is 2. The summed E-state index contributed by atoms with van der Waals surface area (Å²) in [5, 5.41) is 9.14. The number of carbonyl (C=O) groups is 3. The van der Waals surface area contributed by atoms with Crippen molar-refractivity contribution < 1.29 is 23.2 Å². The highest BCUT2D eigenvalue weighted by Gasteiger charge is 2.33.